The molecule has 2 heterocycles. The highest BCUT2D eigenvalue weighted by Crippen LogP contribution is 2.48. The van der Waals surface area contributed by atoms with Gasteiger partial charge in [0.25, 0.3) is 0 Å². The summed E-state index contributed by atoms with van der Waals surface area (Å²) in [6.07, 6.45) is 0.990. The van der Waals surface area contributed by atoms with Gasteiger partial charge in [-0.15, -0.1) is 0 Å². The SMILES string of the molecule is N=S(=O)(c1ccc(NC23CC(C2)S(=O)(=O)C3)cc1)C(F)(F)F. The maximum atomic E-state index is 12.6. The fraction of sp³-hybridized carbons (Fsp3) is 0.500. The molecule has 10 heteroatoms. The van der Waals surface area contributed by atoms with Crippen LogP contribution < -0.4 is 5.32 Å². The maximum absolute atomic E-state index is 12.6. The predicted octanol–water partition coefficient (Wildman–Crippen LogP) is 2.35. The second-order valence-electron chi connectivity index (χ2n) is 5.77. The molecular weight excluding hydrogens is 341 g/mol. The van der Waals surface area contributed by atoms with Crippen molar-refractivity contribution >= 4 is 25.3 Å². The first kappa shape index (κ1) is 15.6. The molecule has 2 N–H and O–H groups in total. The van der Waals surface area contributed by atoms with Gasteiger partial charge >= 0.3 is 5.51 Å². The fourth-order valence-corrected chi connectivity index (χ4v) is 6.24. The zero-order valence-electron chi connectivity index (χ0n) is 11.2. The monoisotopic (exact) mass is 354 g/mol. The third-order valence-electron chi connectivity index (χ3n) is 4.14. The van der Waals surface area contributed by atoms with Crippen molar-refractivity contribution in [3.63, 3.8) is 0 Å². The van der Waals surface area contributed by atoms with Crippen molar-refractivity contribution in [3.05, 3.63) is 24.3 Å². The molecule has 3 fully saturated rings. The molecule has 2 aliphatic heterocycles. The van der Waals surface area contributed by atoms with Gasteiger partial charge in [0, 0.05) is 5.69 Å². The van der Waals surface area contributed by atoms with E-state index in [1.807, 2.05) is 0 Å². The molecule has 0 spiro atoms. The van der Waals surface area contributed by atoms with E-state index in [1.54, 1.807) is 0 Å². The molecule has 122 valence electrons. The summed E-state index contributed by atoms with van der Waals surface area (Å²) in [5, 5.41) is 2.72. The highest BCUT2D eigenvalue weighted by Gasteiger charge is 2.60. The van der Waals surface area contributed by atoms with Crippen LogP contribution in [0.25, 0.3) is 0 Å². The van der Waals surface area contributed by atoms with Gasteiger partial charge in [-0.2, -0.15) is 13.2 Å². The van der Waals surface area contributed by atoms with Gasteiger partial charge in [0.1, 0.15) is 0 Å². The number of benzene rings is 1. The Labute approximate surface area is 125 Å². The Kier molecular flexibility index (Phi) is 3.10. The van der Waals surface area contributed by atoms with Crippen molar-refractivity contribution < 1.29 is 25.8 Å². The number of hydrogen-bond acceptors (Lipinski definition) is 5. The highest BCUT2D eigenvalue weighted by atomic mass is 32.2. The van der Waals surface area contributed by atoms with E-state index in [4.69, 9.17) is 4.78 Å². The molecule has 3 aliphatic rings. The molecule has 2 saturated heterocycles. The molecule has 1 aromatic rings. The van der Waals surface area contributed by atoms with Gasteiger partial charge in [0.2, 0.25) is 0 Å². The first-order chi connectivity index (χ1) is 9.95. The van der Waals surface area contributed by atoms with Crippen molar-refractivity contribution in [2.24, 2.45) is 0 Å². The Bertz CT molecular complexity index is 808. The van der Waals surface area contributed by atoms with Crippen molar-refractivity contribution in [1.82, 2.24) is 0 Å². The quantitative estimate of drug-likeness (QED) is 0.872. The number of anilines is 1. The Morgan fingerprint density at radius 2 is 1.77 bits per heavy atom. The Hall–Kier alpha value is -1.29. The van der Waals surface area contributed by atoms with E-state index < -0.39 is 35.5 Å². The average molecular weight is 354 g/mol. The van der Waals surface area contributed by atoms with Gasteiger partial charge in [-0.25, -0.2) is 17.4 Å². The van der Waals surface area contributed by atoms with Crippen LogP contribution in [-0.2, 0) is 19.6 Å². The molecule has 5 nitrogen and oxygen atoms in total. The number of nitrogens with one attached hydrogen (secondary N) is 2. The summed E-state index contributed by atoms with van der Waals surface area (Å²) in [5.74, 6) is 0.0180. The van der Waals surface area contributed by atoms with E-state index in [-0.39, 0.29) is 11.0 Å². The van der Waals surface area contributed by atoms with Crippen LogP contribution in [0.15, 0.2) is 29.2 Å². The van der Waals surface area contributed by atoms with Gasteiger partial charge in [-0.3, -0.25) is 0 Å². The summed E-state index contributed by atoms with van der Waals surface area (Å²) in [6, 6.07) is 4.56. The van der Waals surface area contributed by atoms with E-state index >= 15 is 0 Å². The summed E-state index contributed by atoms with van der Waals surface area (Å²) in [7, 11) is -7.94. The molecule has 0 amide bonds. The number of sulfone groups is 1. The second-order valence-corrected chi connectivity index (χ2v) is 10.1. The summed E-state index contributed by atoms with van der Waals surface area (Å²) < 4.78 is 79.5. The van der Waals surface area contributed by atoms with E-state index in [0.717, 1.165) is 12.1 Å². The third kappa shape index (κ3) is 2.28. The van der Waals surface area contributed by atoms with Gasteiger partial charge in [-0.05, 0) is 37.1 Å². The lowest BCUT2D eigenvalue weighted by Crippen LogP contribution is -2.47. The van der Waals surface area contributed by atoms with E-state index in [1.165, 1.54) is 12.1 Å². The van der Waals surface area contributed by atoms with Crippen molar-refractivity contribution in [3.8, 4) is 0 Å². The molecule has 4 rings (SSSR count). The van der Waals surface area contributed by atoms with Crippen LogP contribution in [0.5, 0.6) is 0 Å². The number of alkyl halides is 3. The van der Waals surface area contributed by atoms with E-state index in [9.17, 15) is 25.8 Å². The highest BCUT2D eigenvalue weighted by molar-refractivity contribution is 7.93. The molecule has 0 aromatic heterocycles. The first-order valence-corrected chi connectivity index (χ1v) is 9.68. The molecule has 1 atom stereocenters. The smallest absolute Gasteiger partial charge is 0.378 e. The van der Waals surface area contributed by atoms with Crippen molar-refractivity contribution in [2.45, 2.75) is 34.0 Å². The van der Waals surface area contributed by atoms with Crippen LogP contribution in [0.3, 0.4) is 0 Å². The summed E-state index contributed by atoms with van der Waals surface area (Å²) >= 11 is 0. The number of fused-ring (bicyclic) bond motifs is 1. The van der Waals surface area contributed by atoms with Crippen LogP contribution in [0.4, 0.5) is 18.9 Å². The summed E-state index contributed by atoms with van der Waals surface area (Å²) in [6.45, 7) is 0. The topological polar surface area (TPSA) is 87.1 Å². The van der Waals surface area contributed by atoms with E-state index in [0.29, 0.717) is 18.5 Å². The molecule has 22 heavy (non-hydrogen) atoms. The average Bonchev–Trinajstić information content (AvgIpc) is 2.73. The molecule has 1 unspecified atom stereocenters. The maximum Gasteiger partial charge on any atom is 0.483 e. The van der Waals surface area contributed by atoms with Crippen LogP contribution in [0.2, 0.25) is 0 Å². The van der Waals surface area contributed by atoms with Gasteiger partial charge in [-0.1, -0.05) is 0 Å². The Morgan fingerprint density at radius 3 is 2.18 bits per heavy atom. The first-order valence-electron chi connectivity index (χ1n) is 6.40. The van der Waals surface area contributed by atoms with Gasteiger partial charge in [0.15, 0.2) is 19.6 Å². The van der Waals surface area contributed by atoms with E-state index in [2.05, 4.69) is 5.32 Å². The predicted molar refractivity (Wildman–Crippen MR) is 74.8 cm³/mol. The number of halogens is 3. The molecule has 1 saturated carbocycles. The lowest BCUT2D eigenvalue weighted by atomic mass is 9.78. The zero-order chi connectivity index (χ0) is 16.4. The molecule has 2 bridgehead atoms. The molecule has 1 aliphatic carbocycles. The van der Waals surface area contributed by atoms with Crippen LogP contribution in [0, 0.1) is 4.78 Å². The summed E-state index contributed by atoms with van der Waals surface area (Å²) in [4.78, 5) is -0.617. The minimum atomic E-state index is -5.12. The second kappa shape index (κ2) is 4.38. The van der Waals surface area contributed by atoms with Gasteiger partial charge < -0.3 is 5.32 Å². The molecule has 0 radical (unpaired) electrons. The molecular formula is C12H13F3N2O3S2. The lowest BCUT2D eigenvalue weighted by molar-refractivity contribution is -0.0406. The minimum absolute atomic E-state index is 0.0180. The largest absolute Gasteiger partial charge is 0.483 e. The normalized spacial score (nSPS) is 32.0. The fourth-order valence-electron chi connectivity index (χ4n) is 2.99. The van der Waals surface area contributed by atoms with Crippen molar-refractivity contribution in [1.29, 1.82) is 4.78 Å². The third-order valence-corrected chi connectivity index (χ3v) is 8.04. The summed E-state index contributed by atoms with van der Waals surface area (Å²) in [5.41, 5.74) is -5.21. The lowest BCUT2D eigenvalue weighted by Gasteiger charge is -2.37. The molecule has 1 aromatic carbocycles. The van der Waals surface area contributed by atoms with Crippen molar-refractivity contribution in [2.75, 3.05) is 11.1 Å². The van der Waals surface area contributed by atoms with Crippen LogP contribution in [0.1, 0.15) is 12.8 Å². The Morgan fingerprint density at radius 1 is 1.23 bits per heavy atom. The van der Waals surface area contributed by atoms with Crippen LogP contribution in [-0.4, -0.2) is 34.7 Å². The Balaban J connectivity index is 1.80. The van der Waals surface area contributed by atoms with Gasteiger partial charge in [0.05, 0.1) is 21.4 Å². The number of hydrogen-bond donors (Lipinski definition) is 2. The zero-order valence-corrected chi connectivity index (χ0v) is 12.8. The van der Waals surface area contributed by atoms with Crippen LogP contribution >= 0.6 is 0 Å². The number of rotatable bonds is 3. The minimum Gasteiger partial charge on any atom is -0.378 e. The standard InChI is InChI=1S/C12H13F3N2O3S2/c13-12(14,15)22(16,20)9-3-1-8(2-4-9)17-11-5-10(6-11)21(18,19)7-11/h1-4,10,16-17H,5-7H2.